The molecule has 1 rings (SSSR count). The van der Waals surface area contributed by atoms with Gasteiger partial charge in [0, 0.05) is 21.2 Å². The van der Waals surface area contributed by atoms with Gasteiger partial charge in [0.2, 0.25) is 5.91 Å². The Balaban J connectivity index is 2.45. The molecule has 0 aromatic heterocycles. The van der Waals surface area contributed by atoms with Crippen LogP contribution in [0, 0.1) is 11.8 Å². The lowest BCUT2D eigenvalue weighted by Crippen LogP contribution is -2.49. The van der Waals surface area contributed by atoms with Crippen molar-refractivity contribution in [1.82, 2.24) is 10.2 Å². The third-order valence-electron chi connectivity index (χ3n) is 4.63. The van der Waals surface area contributed by atoms with Gasteiger partial charge in [0.1, 0.15) is 6.04 Å². The SMILES string of the molecule is CCC(COC(=O)NC(COC)C(=O)N(C)C)C1CCCCC1. The molecule has 0 spiro atoms. The van der Waals surface area contributed by atoms with Crippen molar-refractivity contribution < 1.29 is 19.1 Å². The van der Waals surface area contributed by atoms with Gasteiger partial charge in [-0.3, -0.25) is 4.79 Å². The zero-order valence-electron chi connectivity index (χ0n) is 15.0. The zero-order chi connectivity index (χ0) is 17.2. The number of nitrogens with zero attached hydrogens (tertiary/aromatic N) is 1. The molecular formula is C17H32N2O4. The minimum absolute atomic E-state index is 0.131. The number of alkyl carbamates (subject to hydrolysis) is 1. The Hall–Kier alpha value is -1.30. The van der Waals surface area contributed by atoms with Crippen molar-refractivity contribution in [3.8, 4) is 0 Å². The second-order valence-electron chi connectivity index (χ2n) is 6.55. The van der Waals surface area contributed by atoms with Crippen LogP contribution in [0.1, 0.15) is 45.4 Å². The van der Waals surface area contributed by atoms with Crippen molar-refractivity contribution in [1.29, 1.82) is 0 Å². The van der Waals surface area contributed by atoms with E-state index < -0.39 is 12.1 Å². The predicted molar refractivity (Wildman–Crippen MR) is 89.2 cm³/mol. The maximum absolute atomic E-state index is 12.0. The number of ether oxygens (including phenoxy) is 2. The van der Waals surface area contributed by atoms with Crippen LogP contribution >= 0.6 is 0 Å². The number of likely N-dealkylation sites (N-methyl/N-ethyl adjacent to an activating group) is 1. The molecule has 0 radical (unpaired) electrons. The van der Waals surface area contributed by atoms with Crippen molar-refractivity contribution >= 4 is 12.0 Å². The number of nitrogens with one attached hydrogen (secondary N) is 1. The quantitative estimate of drug-likeness (QED) is 0.743. The Morgan fingerprint density at radius 2 is 1.83 bits per heavy atom. The highest BCUT2D eigenvalue weighted by Gasteiger charge is 2.26. The predicted octanol–water partition coefficient (Wildman–Crippen LogP) is 2.42. The summed E-state index contributed by atoms with van der Waals surface area (Å²) >= 11 is 0. The summed E-state index contributed by atoms with van der Waals surface area (Å²) in [6.07, 6.45) is 6.80. The van der Waals surface area contributed by atoms with Gasteiger partial charge < -0.3 is 19.7 Å². The van der Waals surface area contributed by atoms with Gasteiger partial charge in [0.25, 0.3) is 0 Å². The molecule has 23 heavy (non-hydrogen) atoms. The lowest BCUT2D eigenvalue weighted by Gasteiger charge is -2.29. The average Bonchev–Trinajstić information content (AvgIpc) is 2.55. The number of rotatable bonds is 8. The topological polar surface area (TPSA) is 67.9 Å². The second kappa shape index (κ2) is 10.5. The first-order chi connectivity index (χ1) is 11.0. The van der Waals surface area contributed by atoms with Crippen LogP contribution in [0.3, 0.4) is 0 Å². The number of hydrogen-bond acceptors (Lipinski definition) is 4. The minimum Gasteiger partial charge on any atom is -0.449 e. The molecule has 0 saturated heterocycles. The monoisotopic (exact) mass is 328 g/mol. The molecule has 1 aliphatic rings. The van der Waals surface area contributed by atoms with E-state index in [0.717, 1.165) is 6.42 Å². The van der Waals surface area contributed by atoms with Gasteiger partial charge in [0.15, 0.2) is 0 Å². The third kappa shape index (κ3) is 6.77. The van der Waals surface area contributed by atoms with E-state index in [-0.39, 0.29) is 12.5 Å². The number of amides is 2. The Bertz CT molecular complexity index is 368. The van der Waals surface area contributed by atoms with Gasteiger partial charge in [-0.1, -0.05) is 39.0 Å². The summed E-state index contributed by atoms with van der Waals surface area (Å²) < 4.78 is 10.4. The largest absolute Gasteiger partial charge is 0.449 e. The summed E-state index contributed by atoms with van der Waals surface area (Å²) in [7, 11) is 4.79. The van der Waals surface area contributed by atoms with Crippen LogP contribution in [0.25, 0.3) is 0 Å². The van der Waals surface area contributed by atoms with Gasteiger partial charge in [-0.2, -0.15) is 0 Å². The highest BCUT2D eigenvalue weighted by Crippen LogP contribution is 2.31. The van der Waals surface area contributed by atoms with E-state index in [1.165, 1.54) is 44.1 Å². The standard InChI is InChI=1S/C17H32N2O4/c1-5-13(14-9-7-6-8-10-14)11-23-17(21)18-15(12-22-4)16(20)19(2)3/h13-15H,5-12H2,1-4H3,(H,18,21). The fourth-order valence-corrected chi connectivity index (χ4v) is 3.21. The zero-order valence-corrected chi connectivity index (χ0v) is 15.0. The summed E-state index contributed by atoms with van der Waals surface area (Å²) in [6, 6.07) is -0.711. The van der Waals surface area contributed by atoms with Gasteiger partial charge in [-0.15, -0.1) is 0 Å². The van der Waals surface area contributed by atoms with Gasteiger partial charge >= 0.3 is 6.09 Å². The van der Waals surface area contributed by atoms with E-state index in [9.17, 15) is 9.59 Å². The minimum atomic E-state index is -0.711. The molecule has 0 bridgehead atoms. The molecule has 6 heteroatoms. The number of carbonyl (C=O) groups excluding carboxylic acids is 2. The lowest BCUT2D eigenvalue weighted by atomic mass is 9.79. The maximum Gasteiger partial charge on any atom is 0.407 e. The number of carbonyl (C=O) groups is 2. The van der Waals surface area contributed by atoms with Crippen molar-refractivity contribution in [2.45, 2.75) is 51.5 Å². The molecule has 1 saturated carbocycles. The maximum atomic E-state index is 12.0. The molecule has 0 aliphatic heterocycles. The van der Waals surface area contributed by atoms with E-state index >= 15 is 0 Å². The first kappa shape index (κ1) is 19.7. The first-order valence-corrected chi connectivity index (χ1v) is 8.63. The van der Waals surface area contributed by atoms with Crippen LogP contribution in [0.15, 0.2) is 0 Å². The highest BCUT2D eigenvalue weighted by atomic mass is 16.5. The summed E-state index contributed by atoms with van der Waals surface area (Å²) in [6.45, 7) is 2.69. The number of methoxy groups -OCH3 is 1. The van der Waals surface area contributed by atoms with E-state index in [0.29, 0.717) is 18.4 Å². The van der Waals surface area contributed by atoms with Crippen molar-refractivity contribution in [3.05, 3.63) is 0 Å². The molecule has 1 fully saturated rings. The molecule has 134 valence electrons. The van der Waals surface area contributed by atoms with Crippen molar-refractivity contribution in [2.24, 2.45) is 11.8 Å². The van der Waals surface area contributed by atoms with Crippen LogP contribution in [0.2, 0.25) is 0 Å². The van der Waals surface area contributed by atoms with Crippen LogP contribution in [-0.4, -0.2) is 57.4 Å². The van der Waals surface area contributed by atoms with E-state index in [1.54, 1.807) is 14.1 Å². The highest BCUT2D eigenvalue weighted by molar-refractivity contribution is 5.85. The molecule has 0 heterocycles. The molecule has 0 aromatic carbocycles. The van der Waals surface area contributed by atoms with Gasteiger partial charge in [0.05, 0.1) is 13.2 Å². The van der Waals surface area contributed by atoms with Gasteiger partial charge in [-0.05, 0) is 18.3 Å². The van der Waals surface area contributed by atoms with Crippen LogP contribution in [0.4, 0.5) is 4.79 Å². The summed E-state index contributed by atoms with van der Waals surface area (Å²) in [5.41, 5.74) is 0. The second-order valence-corrected chi connectivity index (χ2v) is 6.55. The molecule has 2 atom stereocenters. The molecular weight excluding hydrogens is 296 g/mol. The van der Waals surface area contributed by atoms with E-state index in [1.807, 2.05) is 0 Å². The summed E-state index contributed by atoms with van der Waals surface area (Å²) in [5, 5.41) is 2.60. The fourth-order valence-electron chi connectivity index (χ4n) is 3.21. The molecule has 2 amide bonds. The van der Waals surface area contributed by atoms with Crippen molar-refractivity contribution in [2.75, 3.05) is 34.4 Å². The van der Waals surface area contributed by atoms with Gasteiger partial charge in [-0.25, -0.2) is 4.79 Å². The number of hydrogen-bond donors (Lipinski definition) is 1. The summed E-state index contributed by atoms with van der Waals surface area (Å²) in [5.74, 6) is 0.856. The Kier molecular flexibility index (Phi) is 8.99. The average molecular weight is 328 g/mol. The molecule has 2 unspecified atom stereocenters. The first-order valence-electron chi connectivity index (χ1n) is 8.63. The van der Waals surface area contributed by atoms with Crippen LogP contribution < -0.4 is 5.32 Å². The Morgan fingerprint density at radius 1 is 1.17 bits per heavy atom. The van der Waals surface area contributed by atoms with Crippen molar-refractivity contribution in [3.63, 3.8) is 0 Å². The third-order valence-corrected chi connectivity index (χ3v) is 4.63. The lowest BCUT2D eigenvalue weighted by molar-refractivity contribution is -0.132. The summed E-state index contributed by atoms with van der Waals surface area (Å²) in [4.78, 5) is 25.4. The Labute approximate surface area is 139 Å². The molecule has 1 aliphatic carbocycles. The molecule has 6 nitrogen and oxygen atoms in total. The van der Waals surface area contributed by atoms with E-state index in [2.05, 4.69) is 12.2 Å². The van der Waals surface area contributed by atoms with Crippen LogP contribution in [0.5, 0.6) is 0 Å². The molecule has 0 aromatic rings. The fraction of sp³-hybridized carbons (Fsp3) is 0.882. The molecule has 1 N–H and O–H groups in total. The van der Waals surface area contributed by atoms with E-state index in [4.69, 9.17) is 9.47 Å². The smallest absolute Gasteiger partial charge is 0.407 e. The normalized spacial score (nSPS) is 18.1. The Morgan fingerprint density at radius 3 is 2.35 bits per heavy atom. The van der Waals surface area contributed by atoms with Crippen LogP contribution in [-0.2, 0) is 14.3 Å².